The number of oxime groups is 1. The largest absolute Gasteiger partial charge is 0.381 e. The lowest BCUT2D eigenvalue weighted by Crippen LogP contribution is -2.43. The average Bonchev–Trinajstić information content (AvgIpc) is 3.62. The predicted octanol–water partition coefficient (Wildman–Crippen LogP) is 3.33. The van der Waals surface area contributed by atoms with Gasteiger partial charge in [-0.05, 0) is 24.6 Å². The Balaban J connectivity index is 1.52. The number of rotatable bonds is 8. The second kappa shape index (κ2) is 11.0. The normalized spacial score (nSPS) is 14.1. The summed E-state index contributed by atoms with van der Waals surface area (Å²) in [5.74, 6) is -2.35. The summed E-state index contributed by atoms with van der Waals surface area (Å²) in [6.07, 6.45) is 3.89. The van der Waals surface area contributed by atoms with Crippen molar-refractivity contribution in [3.63, 3.8) is 0 Å². The number of hydrogen-bond donors (Lipinski definition) is 2. The van der Waals surface area contributed by atoms with Gasteiger partial charge in [-0.1, -0.05) is 35.5 Å². The van der Waals surface area contributed by atoms with Gasteiger partial charge in [0.2, 0.25) is 0 Å². The first-order chi connectivity index (χ1) is 19.6. The summed E-state index contributed by atoms with van der Waals surface area (Å²) in [6, 6.07) is 10.5. The SMILES string of the molecule is CC(=O)ON=C(N)c1ccc(-c2cc3ncn([C@H](C)[C@](O)(Cn4cncn4)c4ccc(F)cc4F)c(=O)c3s2)cc1. The molecule has 0 fully saturated rings. The van der Waals surface area contributed by atoms with Crippen molar-refractivity contribution >= 4 is 33.4 Å². The Bertz CT molecular complexity index is 1820. The van der Waals surface area contributed by atoms with Crippen molar-refractivity contribution in [1.29, 1.82) is 0 Å². The average molecular weight is 580 g/mol. The third kappa shape index (κ3) is 5.47. The van der Waals surface area contributed by atoms with Crippen LogP contribution in [0.2, 0.25) is 0 Å². The maximum atomic E-state index is 15.0. The maximum Gasteiger partial charge on any atom is 0.332 e. The summed E-state index contributed by atoms with van der Waals surface area (Å²) < 4.78 is 31.5. The first-order valence-electron chi connectivity index (χ1n) is 12.2. The second-order valence-electron chi connectivity index (χ2n) is 9.24. The molecule has 0 aliphatic rings. The predicted molar refractivity (Wildman–Crippen MR) is 147 cm³/mol. The molecule has 3 aromatic heterocycles. The van der Waals surface area contributed by atoms with Gasteiger partial charge in [-0.2, -0.15) is 5.10 Å². The highest BCUT2D eigenvalue weighted by atomic mass is 32.1. The maximum absolute atomic E-state index is 15.0. The van der Waals surface area contributed by atoms with Crippen LogP contribution in [0, 0.1) is 11.6 Å². The number of amidine groups is 1. The highest BCUT2D eigenvalue weighted by molar-refractivity contribution is 7.22. The number of hydrogen-bond acceptors (Lipinski definition) is 9. The Morgan fingerprint density at radius 3 is 2.61 bits per heavy atom. The van der Waals surface area contributed by atoms with Crippen molar-refractivity contribution in [2.24, 2.45) is 10.9 Å². The van der Waals surface area contributed by atoms with Crippen molar-refractivity contribution in [2.75, 3.05) is 0 Å². The minimum Gasteiger partial charge on any atom is -0.381 e. The summed E-state index contributed by atoms with van der Waals surface area (Å²) in [5.41, 5.74) is 4.89. The second-order valence-corrected chi connectivity index (χ2v) is 10.3. The number of nitrogens with two attached hydrogens (primary N) is 1. The third-order valence-electron chi connectivity index (χ3n) is 6.58. The number of halogens is 2. The quantitative estimate of drug-likeness (QED) is 0.123. The van der Waals surface area contributed by atoms with E-state index in [1.165, 1.54) is 46.5 Å². The molecule has 3 N–H and O–H groups in total. The summed E-state index contributed by atoms with van der Waals surface area (Å²) in [5, 5.41) is 19.5. The van der Waals surface area contributed by atoms with Gasteiger partial charge in [0.15, 0.2) is 5.84 Å². The molecule has 0 radical (unpaired) electrons. The van der Waals surface area contributed by atoms with Gasteiger partial charge in [0, 0.05) is 29.0 Å². The van der Waals surface area contributed by atoms with Crippen molar-refractivity contribution < 1.29 is 23.5 Å². The smallest absolute Gasteiger partial charge is 0.332 e. The molecule has 2 atom stereocenters. The molecule has 210 valence electrons. The van der Waals surface area contributed by atoms with Crippen molar-refractivity contribution in [3.8, 4) is 10.4 Å². The number of nitrogens with zero attached hydrogens (tertiary/aromatic N) is 6. The zero-order valence-electron chi connectivity index (χ0n) is 21.7. The number of carbonyl (C=O) groups excluding carboxylic acids is 1. The minimum atomic E-state index is -2.03. The van der Waals surface area contributed by atoms with E-state index in [-0.39, 0.29) is 17.9 Å². The third-order valence-corrected chi connectivity index (χ3v) is 7.74. The molecular weight excluding hydrogens is 556 g/mol. The number of benzene rings is 2. The van der Waals surface area contributed by atoms with Crippen LogP contribution in [0.1, 0.15) is 31.0 Å². The molecule has 0 aliphatic heterocycles. The fourth-order valence-electron chi connectivity index (χ4n) is 4.39. The molecule has 0 saturated heterocycles. The molecule has 14 heteroatoms. The number of thiophene rings is 1. The van der Waals surface area contributed by atoms with E-state index in [1.807, 2.05) is 0 Å². The monoisotopic (exact) mass is 579 g/mol. The van der Waals surface area contributed by atoms with E-state index in [1.54, 1.807) is 37.3 Å². The lowest BCUT2D eigenvalue weighted by molar-refractivity contribution is -0.140. The standard InChI is InChI=1S/C27H23F2N7O4S/c1-15(27(39,11-35-13-31-12-33-35)20-8-7-19(28)9-21(20)29)36-14-32-22-10-23(41-24(22)26(36)38)17-3-5-18(6-4-17)25(30)34-40-16(2)37/h3-10,12-15,39H,11H2,1-2H3,(H2,30,34)/t15-,27-/m1/s1. The number of aliphatic hydroxyl groups is 1. The van der Waals surface area contributed by atoms with Crippen LogP contribution in [-0.2, 0) is 21.8 Å². The van der Waals surface area contributed by atoms with Crippen molar-refractivity contribution in [3.05, 3.63) is 101 Å². The Morgan fingerprint density at radius 1 is 1.20 bits per heavy atom. The Morgan fingerprint density at radius 2 is 1.95 bits per heavy atom. The fourth-order valence-corrected chi connectivity index (χ4v) is 5.44. The molecule has 41 heavy (non-hydrogen) atoms. The van der Waals surface area contributed by atoms with Gasteiger partial charge < -0.3 is 15.7 Å². The fraction of sp³-hybridized carbons (Fsp3) is 0.185. The van der Waals surface area contributed by atoms with Gasteiger partial charge in [0.05, 0.1) is 24.4 Å². The molecule has 0 bridgehead atoms. The molecule has 0 saturated carbocycles. The minimum absolute atomic E-state index is 0.0256. The lowest BCUT2D eigenvalue weighted by Gasteiger charge is -2.35. The van der Waals surface area contributed by atoms with Crippen molar-refractivity contribution in [2.45, 2.75) is 32.0 Å². The van der Waals surface area contributed by atoms with E-state index in [0.717, 1.165) is 22.6 Å². The molecule has 3 heterocycles. The van der Waals surface area contributed by atoms with Gasteiger partial charge >= 0.3 is 5.97 Å². The van der Waals surface area contributed by atoms with Crippen LogP contribution in [0.15, 0.2) is 77.5 Å². The highest BCUT2D eigenvalue weighted by Gasteiger charge is 2.41. The highest BCUT2D eigenvalue weighted by Crippen LogP contribution is 2.37. The Hall–Kier alpha value is -4.82. The zero-order chi connectivity index (χ0) is 29.3. The van der Waals surface area contributed by atoms with E-state index in [9.17, 15) is 23.5 Å². The van der Waals surface area contributed by atoms with Crippen LogP contribution < -0.4 is 11.3 Å². The van der Waals surface area contributed by atoms with Gasteiger partial charge in [0.1, 0.15) is 34.6 Å². The van der Waals surface area contributed by atoms with Crippen LogP contribution in [-0.4, -0.2) is 41.2 Å². The molecule has 5 aromatic rings. The topological polar surface area (TPSA) is 151 Å². The Labute approximate surface area is 235 Å². The van der Waals surface area contributed by atoms with Crippen LogP contribution in [0.3, 0.4) is 0 Å². The van der Waals surface area contributed by atoms with Crippen molar-refractivity contribution in [1.82, 2.24) is 24.3 Å². The zero-order valence-corrected chi connectivity index (χ0v) is 22.5. The van der Waals surface area contributed by atoms with Gasteiger partial charge in [-0.3, -0.25) is 9.36 Å². The van der Waals surface area contributed by atoms with Gasteiger partial charge in [-0.25, -0.2) is 28.2 Å². The van der Waals surface area contributed by atoms with Gasteiger partial charge in [0.25, 0.3) is 5.56 Å². The lowest BCUT2D eigenvalue weighted by atomic mass is 9.86. The van der Waals surface area contributed by atoms with Crippen LogP contribution in [0.5, 0.6) is 0 Å². The summed E-state index contributed by atoms with van der Waals surface area (Å²) in [7, 11) is 0. The number of fused-ring (bicyclic) bond motifs is 1. The first-order valence-corrected chi connectivity index (χ1v) is 13.0. The molecule has 0 amide bonds. The van der Waals surface area contributed by atoms with E-state index in [2.05, 4.69) is 25.1 Å². The van der Waals surface area contributed by atoms with E-state index in [4.69, 9.17) is 5.73 Å². The molecular formula is C27H23F2N7O4S. The van der Waals surface area contributed by atoms with Crippen LogP contribution in [0.25, 0.3) is 20.7 Å². The molecule has 0 aliphatic carbocycles. The molecule has 5 rings (SSSR count). The Kier molecular flexibility index (Phi) is 7.43. The molecule has 0 unspecified atom stereocenters. The van der Waals surface area contributed by atoms with Crippen LogP contribution >= 0.6 is 11.3 Å². The number of carbonyl (C=O) groups is 1. The molecule has 2 aromatic carbocycles. The summed E-state index contributed by atoms with van der Waals surface area (Å²) in [6.45, 7) is 2.49. The van der Waals surface area contributed by atoms with Crippen LogP contribution in [0.4, 0.5) is 8.78 Å². The number of aromatic nitrogens is 5. The summed E-state index contributed by atoms with van der Waals surface area (Å²) in [4.78, 5) is 38.2. The summed E-state index contributed by atoms with van der Waals surface area (Å²) >= 11 is 1.19. The molecule has 0 spiro atoms. The van der Waals surface area contributed by atoms with Gasteiger partial charge in [-0.15, -0.1) is 11.3 Å². The van der Waals surface area contributed by atoms with E-state index >= 15 is 0 Å². The molecule has 11 nitrogen and oxygen atoms in total. The van der Waals surface area contributed by atoms with E-state index < -0.39 is 34.8 Å². The first kappa shape index (κ1) is 27.7. The van der Waals surface area contributed by atoms with E-state index in [0.29, 0.717) is 21.8 Å².